The summed E-state index contributed by atoms with van der Waals surface area (Å²) in [6.45, 7) is 6.85. The van der Waals surface area contributed by atoms with Gasteiger partial charge >= 0.3 is 0 Å². The Balaban J connectivity index is 4.22. The smallest absolute Gasteiger partial charge is 0.0599 e. The van der Waals surface area contributed by atoms with Crippen molar-refractivity contribution in [3.8, 4) is 0 Å². The maximum Gasteiger partial charge on any atom is 0.0599 e. The van der Waals surface area contributed by atoms with Gasteiger partial charge in [0.25, 0.3) is 0 Å². The summed E-state index contributed by atoms with van der Waals surface area (Å²) in [6.07, 6.45) is 0. The number of hydrogen-bond acceptors (Lipinski definition) is 4. The van der Waals surface area contributed by atoms with Crippen LogP contribution >= 0.6 is 0 Å². The molecule has 86 valence electrons. The second kappa shape index (κ2) is 7.17. The summed E-state index contributed by atoms with van der Waals surface area (Å²) in [5, 5.41) is 9.18. The Bertz CT molecular complexity index is 137. The predicted molar refractivity (Wildman–Crippen MR) is 60.3 cm³/mol. The molecular formula is C10H25N3O. The number of nitrogens with two attached hydrogens (primary N) is 1. The normalized spacial score (nSPS) is 16.3. The van der Waals surface area contributed by atoms with Gasteiger partial charge in [-0.2, -0.15) is 0 Å². The summed E-state index contributed by atoms with van der Waals surface area (Å²) in [4.78, 5) is 4.40. The highest BCUT2D eigenvalue weighted by atomic mass is 16.3. The number of aliphatic hydroxyl groups excluding tert-OH is 1. The van der Waals surface area contributed by atoms with Crippen LogP contribution in [0.5, 0.6) is 0 Å². The van der Waals surface area contributed by atoms with Crippen molar-refractivity contribution in [1.29, 1.82) is 0 Å². The molecule has 0 saturated heterocycles. The molecule has 14 heavy (non-hydrogen) atoms. The molecule has 2 atom stereocenters. The zero-order valence-corrected chi connectivity index (χ0v) is 9.90. The van der Waals surface area contributed by atoms with Crippen molar-refractivity contribution in [2.24, 2.45) is 5.73 Å². The Labute approximate surface area is 87.7 Å². The molecule has 0 aliphatic carbocycles. The minimum absolute atomic E-state index is 0.0925. The van der Waals surface area contributed by atoms with Crippen LogP contribution in [0, 0.1) is 0 Å². The van der Waals surface area contributed by atoms with Crippen LogP contribution in [-0.2, 0) is 0 Å². The van der Waals surface area contributed by atoms with Crippen molar-refractivity contribution >= 4 is 0 Å². The largest absolute Gasteiger partial charge is 0.395 e. The molecule has 0 aromatic carbocycles. The van der Waals surface area contributed by atoms with Crippen LogP contribution in [0.1, 0.15) is 13.8 Å². The van der Waals surface area contributed by atoms with Crippen molar-refractivity contribution in [3.05, 3.63) is 0 Å². The van der Waals surface area contributed by atoms with Crippen molar-refractivity contribution < 1.29 is 5.11 Å². The van der Waals surface area contributed by atoms with E-state index in [1.807, 2.05) is 0 Å². The highest BCUT2D eigenvalue weighted by Gasteiger charge is 2.20. The van der Waals surface area contributed by atoms with Gasteiger partial charge in [-0.1, -0.05) is 6.92 Å². The third-order valence-corrected chi connectivity index (χ3v) is 2.51. The van der Waals surface area contributed by atoms with Gasteiger partial charge < -0.3 is 15.7 Å². The SMILES string of the molecule is CCN(C(C)CN(C)C)C(CN)CO. The van der Waals surface area contributed by atoms with E-state index in [0.29, 0.717) is 12.6 Å². The molecule has 0 amide bonds. The number of aliphatic hydroxyl groups is 1. The van der Waals surface area contributed by atoms with Crippen LogP contribution in [0.25, 0.3) is 0 Å². The molecule has 0 bridgehead atoms. The summed E-state index contributed by atoms with van der Waals surface area (Å²) >= 11 is 0. The molecule has 0 aliphatic heterocycles. The lowest BCUT2D eigenvalue weighted by atomic mass is 10.2. The monoisotopic (exact) mass is 203 g/mol. The van der Waals surface area contributed by atoms with Gasteiger partial charge in [0.15, 0.2) is 0 Å². The first-order chi connectivity index (χ1) is 6.56. The molecule has 0 rings (SSSR count). The number of nitrogens with zero attached hydrogens (tertiary/aromatic N) is 2. The molecule has 0 heterocycles. The molecule has 0 fully saturated rings. The fraction of sp³-hybridized carbons (Fsp3) is 1.00. The van der Waals surface area contributed by atoms with E-state index >= 15 is 0 Å². The van der Waals surface area contributed by atoms with E-state index in [0.717, 1.165) is 13.1 Å². The van der Waals surface area contributed by atoms with E-state index in [-0.39, 0.29) is 12.6 Å². The van der Waals surface area contributed by atoms with Gasteiger partial charge in [-0.05, 0) is 27.6 Å². The van der Waals surface area contributed by atoms with Crippen LogP contribution in [-0.4, -0.2) is 67.3 Å². The van der Waals surface area contributed by atoms with Crippen molar-refractivity contribution in [1.82, 2.24) is 9.80 Å². The first-order valence-corrected chi connectivity index (χ1v) is 5.28. The Morgan fingerprint density at radius 1 is 1.36 bits per heavy atom. The molecule has 0 aromatic rings. The highest BCUT2D eigenvalue weighted by molar-refractivity contribution is 4.77. The Morgan fingerprint density at radius 3 is 2.21 bits per heavy atom. The number of hydrogen-bond donors (Lipinski definition) is 2. The summed E-state index contributed by atoms with van der Waals surface area (Å²) in [6, 6.07) is 0.519. The van der Waals surface area contributed by atoms with E-state index in [9.17, 15) is 5.11 Å². The number of likely N-dealkylation sites (N-methyl/N-ethyl adjacent to an activating group) is 2. The third-order valence-electron chi connectivity index (χ3n) is 2.51. The van der Waals surface area contributed by atoms with Gasteiger partial charge in [-0.15, -0.1) is 0 Å². The average molecular weight is 203 g/mol. The fourth-order valence-electron chi connectivity index (χ4n) is 1.88. The Hall–Kier alpha value is -0.160. The lowest BCUT2D eigenvalue weighted by molar-refractivity contribution is 0.0862. The molecular weight excluding hydrogens is 178 g/mol. The lowest BCUT2D eigenvalue weighted by Gasteiger charge is -2.35. The zero-order valence-electron chi connectivity index (χ0n) is 9.90. The standard InChI is InChI=1S/C10H25N3O/c1-5-13(10(6-11)8-14)9(2)7-12(3)4/h9-10,14H,5-8,11H2,1-4H3. The van der Waals surface area contributed by atoms with Gasteiger partial charge in [0.1, 0.15) is 0 Å². The predicted octanol–water partition coefficient (Wildman–Crippen LogP) is -0.422. The first kappa shape index (κ1) is 13.8. The van der Waals surface area contributed by atoms with E-state index in [2.05, 4.69) is 37.7 Å². The van der Waals surface area contributed by atoms with Crippen LogP contribution in [0.2, 0.25) is 0 Å². The second-order valence-corrected chi connectivity index (χ2v) is 4.01. The molecule has 0 aromatic heterocycles. The van der Waals surface area contributed by atoms with Gasteiger partial charge in [0, 0.05) is 25.2 Å². The molecule has 4 nitrogen and oxygen atoms in total. The van der Waals surface area contributed by atoms with Crippen molar-refractivity contribution in [2.75, 3.05) is 40.3 Å². The zero-order chi connectivity index (χ0) is 11.1. The Kier molecular flexibility index (Phi) is 7.09. The Morgan fingerprint density at radius 2 is 1.93 bits per heavy atom. The molecule has 0 radical (unpaired) electrons. The van der Waals surface area contributed by atoms with Crippen molar-refractivity contribution in [2.45, 2.75) is 25.9 Å². The van der Waals surface area contributed by atoms with Gasteiger partial charge in [0.2, 0.25) is 0 Å². The van der Waals surface area contributed by atoms with E-state index in [4.69, 9.17) is 5.73 Å². The van der Waals surface area contributed by atoms with Gasteiger partial charge in [0.05, 0.1) is 6.61 Å². The second-order valence-electron chi connectivity index (χ2n) is 4.01. The minimum Gasteiger partial charge on any atom is -0.395 e. The first-order valence-electron chi connectivity index (χ1n) is 5.28. The highest BCUT2D eigenvalue weighted by Crippen LogP contribution is 2.05. The average Bonchev–Trinajstić information content (AvgIpc) is 2.12. The van der Waals surface area contributed by atoms with Crippen LogP contribution < -0.4 is 5.73 Å². The molecule has 4 heteroatoms. The van der Waals surface area contributed by atoms with Crippen LogP contribution in [0.3, 0.4) is 0 Å². The van der Waals surface area contributed by atoms with Gasteiger partial charge in [-0.25, -0.2) is 0 Å². The fourth-order valence-corrected chi connectivity index (χ4v) is 1.88. The third kappa shape index (κ3) is 4.37. The van der Waals surface area contributed by atoms with E-state index < -0.39 is 0 Å². The molecule has 0 spiro atoms. The number of rotatable bonds is 7. The summed E-state index contributed by atoms with van der Waals surface area (Å²) in [5.41, 5.74) is 5.61. The van der Waals surface area contributed by atoms with Crippen molar-refractivity contribution in [3.63, 3.8) is 0 Å². The molecule has 0 saturated carbocycles. The van der Waals surface area contributed by atoms with E-state index in [1.54, 1.807) is 0 Å². The summed E-state index contributed by atoms with van der Waals surface area (Å²) < 4.78 is 0. The maximum absolute atomic E-state index is 9.18. The van der Waals surface area contributed by atoms with Crippen LogP contribution in [0.4, 0.5) is 0 Å². The quantitative estimate of drug-likeness (QED) is 0.590. The lowest BCUT2D eigenvalue weighted by Crippen LogP contribution is -2.50. The topological polar surface area (TPSA) is 52.7 Å². The molecule has 0 aliphatic rings. The van der Waals surface area contributed by atoms with Gasteiger partial charge in [-0.3, -0.25) is 4.90 Å². The van der Waals surface area contributed by atoms with Crippen LogP contribution in [0.15, 0.2) is 0 Å². The maximum atomic E-state index is 9.18. The minimum atomic E-state index is 0.0925. The summed E-state index contributed by atoms with van der Waals surface area (Å²) in [7, 11) is 4.11. The molecule has 3 N–H and O–H groups in total. The molecule has 2 unspecified atom stereocenters. The summed E-state index contributed by atoms with van der Waals surface area (Å²) in [5.74, 6) is 0. The van der Waals surface area contributed by atoms with E-state index in [1.165, 1.54) is 0 Å².